The molecule has 8 nitrogen and oxygen atoms in total. The molecule has 4 rings (SSSR count). The Bertz CT molecular complexity index is 1330. The second-order valence-electron chi connectivity index (χ2n) is 7.44. The van der Waals surface area contributed by atoms with Gasteiger partial charge in [0.15, 0.2) is 5.82 Å². The fraction of sp³-hybridized carbons (Fsp3) is 0.182. The van der Waals surface area contributed by atoms with E-state index in [9.17, 15) is 14.3 Å². The molecule has 0 radical (unpaired) electrons. The Morgan fingerprint density at radius 3 is 2.69 bits per heavy atom. The van der Waals surface area contributed by atoms with Gasteiger partial charge in [-0.2, -0.15) is 0 Å². The number of hydrogen-bond donors (Lipinski definition) is 3. The third-order valence-electron chi connectivity index (χ3n) is 4.80. The van der Waals surface area contributed by atoms with Gasteiger partial charge in [-0.15, -0.1) is 0 Å². The minimum atomic E-state index is -1.05. The third kappa shape index (κ3) is 4.53. The normalized spacial score (nSPS) is 11.3. The van der Waals surface area contributed by atoms with Crippen LogP contribution in [0.3, 0.4) is 0 Å². The zero-order valence-electron chi connectivity index (χ0n) is 17.4. The van der Waals surface area contributed by atoms with E-state index in [4.69, 9.17) is 11.6 Å². The molecule has 2 heterocycles. The van der Waals surface area contributed by atoms with Gasteiger partial charge in [0.25, 0.3) is 0 Å². The van der Waals surface area contributed by atoms with Crippen LogP contribution in [0.5, 0.6) is 0 Å². The molecule has 0 saturated carbocycles. The lowest BCUT2D eigenvalue weighted by molar-refractivity contribution is 0.0697. The summed E-state index contributed by atoms with van der Waals surface area (Å²) < 4.78 is 13.6. The van der Waals surface area contributed by atoms with E-state index in [0.29, 0.717) is 45.8 Å². The van der Waals surface area contributed by atoms with Crippen molar-refractivity contribution in [3.05, 3.63) is 59.0 Å². The molecule has 0 aliphatic rings. The van der Waals surface area contributed by atoms with E-state index >= 15 is 0 Å². The van der Waals surface area contributed by atoms with E-state index in [2.05, 4.69) is 25.6 Å². The number of benzene rings is 2. The van der Waals surface area contributed by atoms with Gasteiger partial charge in [0.1, 0.15) is 11.3 Å². The van der Waals surface area contributed by atoms with E-state index in [1.807, 2.05) is 19.0 Å². The van der Waals surface area contributed by atoms with E-state index in [1.165, 1.54) is 30.3 Å². The first-order valence-corrected chi connectivity index (χ1v) is 10.1. The second-order valence-corrected chi connectivity index (χ2v) is 7.84. The number of anilines is 3. The average Bonchev–Trinajstić information content (AvgIpc) is 2.75. The summed E-state index contributed by atoms with van der Waals surface area (Å²) in [4.78, 5) is 27.1. The van der Waals surface area contributed by atoms with Crippen LogP contribution >= 0.6 is 11.6 Å². The molecule has 0 spiro atoms. The third-order valence-corrected chi connectivity index (χ3v) is 5.09. The second kappa shape index (κ2) is 8.89. The number of aromatic carboxylic acids is 1. The molecule has 3 N–H and O–H groups in total. The van der Waals surface area contributed by atoms with Gasteiger partial charge in [-0.1, -0.05) is 17.7 Å². The molecular weight excluding hydrogens is 435 g/mol. The molecule has 10 heteroatoms. The Balaban J connectivity index is 1.84. The van der Waals surface area contributed by atoms with Crippen molar-refractivity contribution in [3.8, 4) is 0 Å². The van der Waals surface area contributed by atoms with Gasteiger partial charge in [-0.25, -0.2) is 24.1 Å². The zero-order chi connectivity index (χ0) is 22.8. The first-order valence-electron chi connectivity index (χ1n) is 9.76. The van der Waals surface area contributed by atoms with Gasteiger partial charge in [0.05, 0.1) is 16.1 Å². The fourth-order valence-electron chi connectivity index (χ4n) is 3.19. The van der Waals surface area contributed by atoms with Crippen LogP contribution in [0.4, 0.5) is 21.8 Å². The average molecular weight is 455 g/mol. The number of halogens is 2. The van der Waals surface area contributed by atoms with Gasteiger partial charge in [-0.3, -0.25) is 0 Å². The fourth-order valence-corrected chi connectivity index (χ4v) is 3.37. The predicted molar refractivity (Wildman–Crippen MR) is 124 cm³/mol. The van der Waals surface area contributed by atoms with Gasteiger partial charge >= 0.3 is 5.97 Å². The lowest BCUT2D eigenvalue weighted by atomic mass is 10.1. The molecule has 4 aromatic rings. The van der Waals surface area contributed by atoms with Gasteiger partial charge in [0.2, 0.25) is 5.95 Å². The molecule has 0 bridgehead atoms. The number of pyridine rings is 1. The van der Waals surface area contributed by atoms with Gasteiger partial charge in [-0.05, 0) is 44.4 Å². The molecular formula is C22H20ClFN6O2. The Morgan fingerprint density at radius 1 is 1.16 bits per heavy atom. The monoisotopic (exact) mass is 454 g/mol. The molecule has 0 unspecified atom stereocenters. The summed E-state index contributed by atoms with van der Waals surface area (Å²) in [6.45, 7) is 1.45. The quantitative estimate of drug-likeness (QED) is 0.353. The molecule has 0 atom stereocenters. The smallest absolute Gasteiger partial charge is 0.335 e. The number of carboxylic acids is 1. The van der Waals surface area contributed by atoms with Crippen molar-refractivity contribution >= 4 is 56.8 Å². The highest BCUT2D eigenvalue weighted by Gasteiger charge is 2.14. The molecule has 0 aliphatic heterocycles. The minimum Gasteiger partial charge on any atom is -0.478 e. The topological polar surface area (TPSA) is 103 Å². The molecule has 0 aliphatic carbocycles. The Labute approximate surface area is 188 Å². The highest BCUT2D eigenvalue weighted by molar-refractivity contribution is 6.31. The Morgan fingerprint density at radius 2 is 1.97 bits per heavy atom. The molecule has 2 aromatic heterocycles. The molecule has 0 saturated heterocycles. The predicted octanol–water partition coefficient (Wildman–Crippen LogP) is 4.39. The highest BCUT2D eigenvalue weighted by Crippen LogP contribution is 2.31. The lowest BCUT2D eigenvalue weighted by Crippen LogP contribution is -2.21. The van der Waals surface area contributed by atoms with Crippen molar-refractivity contribution in [1.29, 1.82) is 0 Å². The van der Waals surface area contributed by atoms with Crippen LogP contribution in [0.1, 0.15) is 10.4 Å². The summed E-state index contributed by atoms with van der Waals surface area (Å²) in [6, 6.07) is 8.92. The standard InChI is InChI=1S/C22H20ClFN6O2/c1-30(2)8-7-25-22-26-11-15-14-5-3-12(21(31)32)9-18(14)28-20(19(15)29-22)27-13-4-6-17(24)16(23)10-13/h3-6,9-11H,7-8H2,1-2H3,(H,27,28)(H,31,32)(H,25,26,29). The first kappa shape index (κ1) is 21.7. The summed E-state index contributed by atoms with van der Waals surface area (Å²) in [5, 5.41) is 17.0. The Hall–Kier alpha value is -3.56. The van der Waals surface area contributed by atoms with Crippen LogP contribution in [0, 0.1) is 5.82 Å². The maximum absolute atomic E-state index is 13.6. The molecule has 164 valence electrons. The summed E-state index contributed by atoms with van der Waals surface area (Å²) in [5.74, 6) is -0.779. The van der Waals surface area contributed by atoms with Crippen molar-refractivity contribution in [2.24, 2.45) is 0 Å². The summed E-state index contributed by atoms with van der Waals surface area (Å²) in [5.41, 5.74) is 1.62. The first-order chi connectivity index (χ1) is 15.3. The SMILES string of the molecule is CN(C)CCNc1ncc2c(n1)c(Nc1ccc(F)c(Cl)c1)nc1cc(C(=O)O)ccc12. The molecule has 32 heavy (non-hydrogen) atoms. The van der Waals surface area contributed by atoms with Gasteiger partial charge < -0.3 is 20.6 Å². The number of nitrogens with zero attached hydrogens (tertiary/aromatic N) is 4. The number of rotatable bonds is 7. The number of likely N-dealkylation sites (N-methyl/N-ethyl adjacent to an activating group) is 1. The maximum atomic E-state index is 13.6. The largest absolute Gasteiger partial charge is 0.478 e. The van der Waals surface area contributed by atoms with Crippen LogP contribution in [0.25, 0.3) is 21.8 Å². The highest BCUT2D eigenvalue weighted by atomic mass is 35.5. The molecule has 0 amide bonds. The number of aromatic nitrogens is 3. The number of hydrogen-bond acceptors (Lipinski definition) is 7. The molecule has 0 fully saturated rings. The summed E-state index contributed by atoms with van der Waals surface area (Å²) >= 11 is 5.92. The van der Waals surface area contributed by atoms with Crippen molar-refractivity contribution in [2.45, 2.75) is 0 Å². The minimum absolute atomic E-state index is 0.0334. The van der Waals surface area contributed by atoms with Crippen LogP contribution in [0.2, 0.25) is 5.02 Å². The summed E-state index contributed by atoms with van der Waals surface area (Å²) in [7, 11) is 3.94. The number of nitrogens with one attached hydrogen (secondary N) is 2. The van der Waals surface area contributed by atoms with Crippen LogP contribution in [-0.4, -0.2) is 58.1 Å². The maximum Gasteiger partial charge on any atom is 0.335 e. The van der Waals surface area contributed by atoms with Crippen LogP contribution < -0.4 is 10.6 Å². The Kier molecular flexibility index (Phi) is 6.02. The van der Waals surface area contributed by atoms with Crippen molar-refractivity contribution < 1.29 is 14.3 Å². The van der Waals surface area contributed by atoms with Crippen LogP contribution in [-0.2, 0) is 0 Å². The van der Waals surface area contributed by atoms with E-state index in [1.54, 1.807) is 12.3 Å². The van der Waals surface area contributed by atoms with Gasteiger partial charge in [0, 0.05) is 35.7 Å². The van der Waals surface area contributed by atoms with Crippen molar-refractivity contribution in [1.82, 2.24) is 19.9 Å². The zero-order valence-corrected chi connectivity index (χ0v) is 18.1. The van der Waals surface area contributed by atoms with E-state index in [0.717, 1.165) is 6.54 Å². The van der Waals surface area contributed by atoms with Crippen LogP contribution in [0.15, 0.2) is 42.6 Å². The van der Waals surface area contributed by atoms with E-state index < -0.39 is 11.8 Å². The summed E-state index contributed by atoms with van der Waals surface area (Å²) in [6.07, 6.45) is 1.67. The molecule has 2 aromatic carbocycles. The number of carbonyl (C=O) groups is 1. The van der Waals surface area contributed by atoms with Crippen molar-refractivity contribution in [2.75, 3.05) is 37.8 Å². The number of fused-ring (bicyclic) bond motifs is 3. The van der Waals surface area contributed by atoms with Crippen molar-refractivity contribution in [3.63, 3.8) is 0 Å². The lowest BCUT2D eigenvalue weighted by Gasteiger charge is -2.14. The van der Waals surface area contributed by atoms with E-state index in [-0.39, 0.29) is 10.6 Å². The number of carboxylic acid groups (broad SMARTS) is 1.